The second-order valence-corrected chi connectivity index (χ2v) is 1.66. The third-order valence-corrected chi connectivity index (χ3v) is 0.832. The van der Waals surface area contributed by atoms with Crippen molar-refractivity contribution >= 4 is 6.16 Å². The quantitative estimate of drug-likeness (QED) is 0.460. The Balaban J connectivity index is 3.30. The molecule has 0 saturated carbocycles. The van der Waals surface area contributed by atoms with Crippen LogP contribution in [0.25, 0.3) is 0 Å². The van der Waals surface area contributed by atoms with E-state index >= 15 is 0 Å². The fourth-order valence-electron chi connectivity index (χ4n) is 0.427. The fraction of sp³-hybridized carbons (Fsp3) is 0.375. The van der Waals surface area contributed by atoms with Crippen LogP contribution in [-0.4, -0.2) is 19.4 Å². The van der Waals surface area contributed by atoms with Crippen molar-refractivity contribution in [2.24, 2.45) is 0 Å². The van der Waals surface area contributed by atoms with Gasteiger partial charge in [0.1, 0.15) is 6.61 Å². The van der Waals surface area contributed by atoms with Crippen molar-refractivity contribution in [2.45, 2.75) is 6.92 Å². The summed E-state index contributed by atoms with van der Waals surface area (Å²) in [7, 11) is 0. The molecule has 0 aliphatic rings. The molecule has 0 amide bonds. The minimum atomic E-state index is -0.638. The molecule has 0 atom stereocenters. The second-order valence-electron chi connectivity index (χ2n) is 1.66. The Morgan fingerprint density at radius 1 is 1.55 bits per heavy atom. The number of rotatable bonds is 4. The molecule has 0 rings (SSSR count). The summed E-state index contributed by atoms with van der Waals surface area (Å²) in [5, 5.41) is 0. The van der Waals surface area contributed by atoms with Gasteiger partial charge in [-0.3, -0.25) is 0 Å². The lowest BCUT2D eigenvalue weighted by Crippen LogP contribution is -2.06. The Hall–Kier alpha value is -1.25. The topological polar surface area (TPSA) is 35.5 Å². The normalized spacial score (nSPS) is 9.55. The van der Waals surface area contributed by atoms with E-state index in [0.717, 1.165) is 0 Å². The van der Waals surface area contributed by atoms with E-state index in [1.165, 1.54) is 0 Å². The van der Waals surface area contributed by atoms with Crippen LogP contribution in [-0.2, 0) is 9.47 Å². The van der Waals surface area contributed by atoms with E-state index < -0.39 is 6.16 Å². The monoisotopic (exact) mass is 156 g/mol. The number of allylic oxidation sites excluding steroid dienone is 2. The number of hydrogen-bond acceptors (Lipinski definition) is 3. The van der Waals surface area contributed by atoms with E-state index in [1.807, 2.05) is 0 Å². The highest BCUT2D eigenvalue weighted by Gasteiger charge is 1.97. The summed E-state index contributed by atoms with van der Waals surface area (Å²) in [6, 6.07) is 0. The van der Waals surface area contributed by atoms with Crippen LogP contribution in [0.4, 0.5) is 4.79 Å². The number of hydrogen-bond donors (Lipinski definition) is 0. The minimum Gasteiger partial charge on any atom is -0.435 e. The first-order valence-electron chi connectivity index (χ1n) is 3.38. The van der Waals surface area contributed by atoms with Crippen LogP contribution < -0.4 is 0 Å². The van der Waals surface area contributed by atoms with Gasteiger partial charge in [0, 0.05) is 0 Å². The van der Waals surface area contributed by atoms with Gasteiger partial charge in [-0.2, -0.15) is 0 Å². The van der Waals surface area contributed by atoms with Gasteiger partial charge in [-0.05, 0) is 13.0 Å². The van der Waals surface area contributed by atoms with Crippen LogP contribution in [0.2, 0.25) is 0 Å². The van der Waals surface area contributed by atoms with Crippen LogP contribution in [0.1, 0.15) is 6.92 Å². The highest BCUT2D eigenvalue weighted by Crippen LogP contribution is 1.85. The Morgan fingerprint density at radius 2 is 2.27 bits per heavy atom. The summed E-state index contributed by atoms with van der Waals surface area (Å²) in [6.45, 7) is 5.74. The van der Waals surface area contributed by atoms with E-state index in [0.29, 0.717) is 6.61 Å². The van der Waals surface area contributed by atoms with Gasteiger partial charge in [0.25, 0.3) is 0 Å². The molecule has 0 radical (unpaired) electrons. The average molecular weight is 156 g/mol. The number of carbonyl (C=O) groups is 1. The van der Waals surface area contributed by atoms with E-state index in [-0.39, 0.29) is 6.61 Å². The molecule has 0 heterocycles. The van der Waals surface area contributed by atoms with Gasteiger partial charge in [0.15, 0.2) is 0 Å². The van der Waals surface area contributed by atoms with Crippen LogP contribution in [0.3, 0.4) is 0 Å². The van der Waals surface area contributed by atoms with E-state index in [2.05, 4.69) is 16.1 Å². The van der Waals surface area contributed by atoms with Gasteiger partial charge in [-0.15, -0.1) is 0 Å². The first kappa shape index (κ1) is 9.75. The molecule has 0 spiro atoms. The molecule has 62 valence electrons. The molecule has 0 aromatic rings. The van der Waals surface area contributed by atoms with Crippen molar-refractivity contribution < 1.29 is 14.3 Å². The molecule has 0 N–H and O–H groups in total. The molecule has 0 unspecified atom stereocenters. The molecule has 0 aliphatic carbocycles. The molecule has 3 heteroatoms. The van der Waals surface area contributed by atoms with Crippen LogP contribution in [0, 0.1) is 0 Å². The largest absolute Gasteiger partial charge is 0.508 e. The molecule has 0 saturated heterocycles. The predicted octanol–water partition coefficient (Wildman–Crippen LogP) is 1.90. The average Bonchev–Trinajstić information content (AvgIpc) is 1.99. The van der Waals surface area contributed by atoms with Gasteiger partial charge >= 0.3 is 6.16 Å². The Labute approximate surface area is 66.3 Å². The Bertz CT molecular complexity index is 149. The minimum absolute atomic E-state index is 0.227. The number of ether oxygens (including phenoxy) is 2. The highest BCUT2D eigenvalue weighted by atomic mass is 16.7. The maximum atomic E-state index is 10.5. The van der Waals surface area contributed by atoms with Crippen molar-refractivity contribution in [1.82, 2.24) is 0 Å². The molecule has 0 aromatic carbocycles. The van der Waals surface area contributed by atoms with E-state index in [1.54, 1.807) is 25.2 Å². The summed E-state index contributed by atoms with van der Waals surface area (Å²) in [5.41, 5.74) is 0. The zero-order valence-electron chi connectivity index (χ0n) is 6.58. The van der Waals surface area contributed by atoms with E-state index in [4.69, 9.17) is 0 Å². The van der Waals surface area contributed by atoms with Gasteiger partial charge in [-0.25, -0.2) is 4.79 Å². The Kier molecular flexibility index (Phi) is 6.08. The number of carbonyl (C=O) groups excluding carboxylic acids is 1. The van der Waals surface area contributed by atoms with Crippen molar-refractivity contribution in [3.63, 3.8) is 0 Å². The van der Waals surface area contributed by atoms with E-state index in [9.17, 15) is 4.79 Å². The Morgan fingerprint density at radius 3 is 2.82 bits per heavy atom. The molecule has 0 fully saturated rings. The van der Waals surface area contributed by atoms with Gasteiger partial charge in [-0.1, -0.05) is 18.7 Å². The SMILES string of the molecule is C=C/C=C\COC(=O)OCC. The maximum absolute atomic E-state index is 10.5. The summed E-state index contributed by atoms with van der Waals surface area (Å²) in [6.07, 6.45) is 4.33. The lowest BCUT2D eigenvalue weighted by atomic mass is 10.5. The maximum Gasteiger partial charge on any atom is 0.508 e. The lowest BCUT2D eigenvalue weighted by molar-refractivity contribution is 0.0673. The summed E-state index contributed by atoms with van der Waals surface area (Å²) in [4.78, 5) is 10.5. The molecule has 0 bridgehead atoms. The fourth-order valence-corrected chi connectivity index (χ4v) is 0.427. The van der Waals surface area contributed by atoms with Crippen LogP contribution in [0.5, 0.6) is 0 Å². The van der Waals surface area contributed by atoms with Crippen LogP contribution >= 0.6 is 0 Å². The van der Waals surface area contributed by atoms with Crippen molar-refractivity contribution in [2.75, 3.05) is 13.2 Å². The third-order valence-electron chi connectivity index (χ3n) is 0.832. The second kappa shape index (κ2) is 6.86. The summed E-state index contributed by atoms with van der Waals surface area (Å²) >= 11 is 0. The third kappa shape index (κ3) is 6.64. The lowest BCUT2D eigenvalue weighted by Gasteiger charge is -1.99. The van der Waals surface area contributed by atoms with Crippen molar-refractivity contribution in [1.29, 1.82) is 0 Å². The molecule has 11 heavy (non-hydrogen) atoms. The summed E-state index contributed by atoms with van der Waals surface area (Å²) in [5.74, 6) is 0. The molecular formula is C8H12O3. The zero-order chi connectivity index (χ0) is 8.53. The predicted molar refractivity (Wildman–Crippen MR) is 42.3 cm³/mol. The standard InChI is InChI=1S/C8H12O3/c1-3-5-6-7-11-8(9)10-4-2/h3,5-6H,1,4,7H2,2H3/b6-5-. The van der Waals surface area contributed by atoms with Crippen molar-refractivity contribution in [3.8, 4) is 0 Å². The zero-order valence-corrected chi connectivity index (χ0v) is 6.58. The first-order chi connectivity index (χ1) is 5.31. The smallest absolute Gasteiger partial charge is 0.435 e. The first-order valence-corrected chi connectivity index (χ1v) is 3.38. The van der Waals surface area contributed by atoms with Gasteiger partial charge < -0.3 is 9.47 Å². The summed E-state index contributed by atoms with van der Waals surface area (Å²) < 4.78 is 9.09. The van der Waals surface area contributed by atoms with Gasteiger partial charge in [0.2, 0.25) is 0 Å². The molecule has 0 aromatic heterocycles. The highest BCUT2D eigenvalue weighted by molar-refractivity contribution is 5.59. The van der Waals surface area contributed by atoms with Crippen LogP contribution in [0.15, 0.2) is 24.8 Å². The molecule has 3 nitrogen and oxygen atoms in total. The molecule has 0 aliphatic heterocycles. The van der Waals surface area contributed by atoms with Crippen molar-refractivity contribution in [3.05, 3.63) is 24.8 Å². The molecular weight excluding hydrogens is 144 g/mol. The van der Waals surface area contributed by atoms with Gasteiger partial charge in [0.05, 0.1) is 6.61 Å².